The summed E-state index contributed by atoms with van der Waals surface area (Å²) >= 11 is 5.30. The fourth-order valence-electron chi connectivity index (χ4n) is 0.678. The Kier molecular flexibility index (Phi) is 4.36. The molecule has 0 rings (SSSR count). The Labute approximate surface area is 74.5 Å². The Balaban J connectivity index is 4.80. The molecule has 0 aliphatic carbocycles. The van der Waals surface area contributed by atoms with Gasteiger partial charge in [-0.3, -0.25) is 0 Å². The van der Waals surface area contributed by atoms with Gasteiger partial charge in [0.25, 0.3) is 0 Å². The van der Waals surface area contributed by atoms with Crippen LogP contribution in [0.4, 0.5) is 0 Å². The summed E-state index contributed by atoms with van der Waals surface area (Å²) in [5.74, 6) is -2.35. The molecule has 4 nitrogen and oxygen atoms in total. The van der Waals surface area contributed by atoms with Gasteiger partial charge in [0, 0.05) is 17.0 Å². The van der Waals surface area contributed by atoms with Crippen molar-refractivity contribution in [3.05, 3.63) is 11.1 Å². The second-order valence-electron chi connectivity index (χ2n) is 2.15. The van der Waals surface area contributed by atoms with Gasteiger partial charge in [-0.1, -0.05) is 0 Å². The number of carbonyl (C=O) groups is 2. The van der Waals surface area contributed by atoms with E-state index < -0.39 is 11.9 Å². The van der Waals surface area contributed by atoms with Gasteiger partial charge in [-0.2, -0.15) is 0 Å². The van der Waals surface area contributed by atoms with E-state index in [0.29, 0.717) is 0 Å². The van der Waals surface area contributed by atoms with Crippen molar-refractivity contribution in [3.63, 3.8) is 0 Å². The van der Waals surface area contributed by atoms with Crippen LogP contribution in [0.3, 0.4) is 0 Å². The summed E-state index contributed by atoms with van der Waals surface area (Å²) in [6.07, 6.45) is 0.0645. The lowest BCUT2D eigenvalue weighted by molar-refractivity contribution is -0.136. The predicted molar refractivity (Wildman–Crippen MR) is 43.3 cm³/mol. The largest absolute Gasteiger partial charge is 0.478 e. The van der Waals surface area contributed by atoms with E-state index in [1.807, 2.05) is 0 Å². The van der Waals surface area contributed by atoms with Gasteiger partial charge in [-0.15, -0.1) is 11.6 Å². The van der Waals surface area contributed by atoms with Crippen molar-refractivity contribution in [2.45, 2.75) is 13.3 Å². The Morgan fingerprint density at radius 3 is 2.00 bits per heavy atom. The molecule has 0 amide bonds. The molecule has 0 unspecified atom stereocenters. The molecule has 0 bridgehead atoms. The van der Waals surface area contributed by atoms with Crippen LogP contribution < -0.4 is 0 Å². The summed E-state index contributed by atoms with van der Waals surface area (Å²) < 4.78 is 0. The number of alkyl halides is 1. The molecule has 5 heteroatoms. The van der Waals surface area contributed by atoms with E-state index in [9.17, 15) is 9.59 Å². The number of hydrogen-bond donors (Lipinski definition) is 2. The molecule has 0 saturated heterocycles. The third-order valence-corrected chi connectivity index (χ3v) is 1.57. The Morgan fingerprint density at radius 1 is 1.25 bits per heavy atom. The number of halogens is 1. The molecule has 0 fully saturated rings. The van der Waals surface area contributed by atoms with Crippen molar-refractivity contribution >= 4 is 23.5 Å². The first-order chi connectivity index (χ1) is 5.50. The molecule has 0 aliphatic rings. The fraction of sp³-hybridized carbons (Fsp3) is 0.429. The SMILES string of the molecule is C/C(C(=O)O)=C(/CCCl)C(=O)O. The zero-order valence-corrected chi connectivity index (χ0v) is 7.26. The highest BCUT2D eigenvalue weighted by Crippen LogP contribution is 2.10. The number of hydrogen-bond acceptors (Lipinski definition) is 2. The van der Waals surface area contributed by atoms with Crippen molar-refractivity contribution in [1.82, 2.24) is 0 Å². The number of carboxylic acid groups (broad SMARTS) is 2. The minimum atomic E-state index is -1.23. The topological polar surface area (TPSA) is 74.6 Å². The van der Waals surface area contributed by atoms with Crippen molar-refractivity contribution in [2.24, 2.45) is 0 Å². The van der Waals surface area contributed by atoms with E-state index in [2.05, 4.69) is 0 Å². The lowest BCUT2D eigenvalue weighted by Crippen LogP contribution is -2.09. The Bertz CT molecular complexity index is 232. The Morgan fingerprint density at radius 2 is 1.75 bits per heavy atom. The summed E-state index contributed by atoms with van der Waals surface area (Å²) in [7, 11) is 0. The molecule has 68 valence electrons. The molecule has 0 aromatic carbocycles. The van der Waals surface area contributed by atoms with Crippen molar-refractivity contribution in [3.8, 4) is 0 Å². The van der Waals surface area contributed by atoms with E-state index in [1.165, 1.54) is 6.92 Å². The highest BCUT2D eigenvalue weighted by Gasteiger charge is 2.14. The maximum atomic E-state index is 10.5. The molecule has 0 heterocycles. The molecule has 0 spiro atoms. The van der Waals surface area contributed by atoms with Crippen molar-refractivity contribution in [2.75, 3.05) is 5.88 Å². The van der Waals surface area contributed by atoms with Crippen LogP contribution in [0.5, 0.6) is 0 Å². The van der Waals surface area contributed by atoms with E-state index >= 15 is 0 Å². The second-order valence-corrected chi connectivity index (χ2v) is 2.53. The van der Waals surface area contributed by atoms with Crippen LogP contribution >= 0.6 is 11.6 Å². The van der Waals surface area contributed by atoms with E-state index in [0.717, 1.165) is 0 Å². The van der Waals surface area contributed by atoms with Gasteiger partial charge in [0.2, 0.25) is 0 Å². The van der Waals surface area contributed by atoms with Crippen LogP contribution in [0.15, 0.2) is 11.1 Å². The third kappa shape index (κ3) is 2.92. The van der Waals surface area contributed by atoms with Crippen LogP contribution in [-0.4, -0.2) is 28.0 Å². The molecule has 12 heavy (non-hydrogen) atoms. The molecule has 0 aliphatic heterocycles. The third-order valence-electron chi connectivity index (χ3n) is 1.38. The number of rotatable bonds is 4. The summed E-state index contributed by atoms with van der Waals surface area (Å²) in [5, 5.41) is 17.0. The number of carboxylic acids is 2. The van der Waals surface area contributed by atoms with Crippen LogP contribution in [0, 0.1) is 0 Å². The summed E-state index contributed by atoms with van der Waals surface area (Å²) in [6.45, 7) is 1.25. The fourth-order valence-corrected chi connectivity index (χ4v) is 0.867. The van der Waals surface area contributed by atoms with Crippen LogP contribution in [0.2, 0.25) is 0 Å². The molecule has 0 aromatic rings. The van der Waals surface area contributed by atoms with Gasteiger partial charge < -0.3 is 10.2 Å². The molecular formula is C7H9ClO4. The van der Waals surface area contributed by atoms with Gasteiger partial charge in [0.15, 0.2) is 0 Å². The highest BCUT2D eigenvalue weighted by atomic mass is 35.5. The van der Waals surface area contributed by atoms with Crippen molar-refractivity contribution in [1.29, 1.82) is 0 Å². The maximum Gasteiger partial charge on any atom is 0.332 e. The first kappa shape index (κ1) is 11.0. The average Bonchev–Trinajstić information content (AvgIpc) is 1.98. The normalized spacial score (nSPS) is 12.2. The minimum absolute atomic E-state index is 0.0645. The average molecular weight is 193 g/mol. The van der Waals surface area contributed by atoms with Gasteiger partial charge in [-0.05, 0) is 13.3 Å². The highest BCUT2D eigenvalue weighted by molar-refractivity contribution is 6.18. The van der Waals surface area contributed by atoms with E-state index in [-0.39, 0.29) is 23.4 Å². The molecule has 0 aromatic heterocycles. The first-order valence-corrected chi connectivity index (χ1v) is 3.76. The summed E-state index contributed by atoms with van der Waals surface area (Å²) in [5.41, 5.74) is -0.305. The summed E-state index contributed by atoms with van der Waals surface area (Å²) in [6, 6.07) is 0. The second kappa shape index (κ2) is 4.77. The van der Waals surface area contributed by atoms with Gasteiger partial charge in [0.1, 0.15) is 0 Å². The lowest BCUT2D eigenvalue weighted by Gasteiger charge is -2.01. The Hall–Kier alpha value is -1.03. The molecule has 2 N–H and O–H groups in total. The molecular weight excluding hydrogens is 184 g/mol. The predicted octanol–water partition coefficient (Wildman–Crippen LogP) is 1.10. The smallest absolute Gasteiger partial charge is 0.332 e. The zero-order chi connectivity index (χ0) is 9.72. The molecule has 0 atom stereocenters. The quantitative estimate of drug-likeness (QED) is 0.517. The van der Waals surface area contributed by atoms with E-state index in [4.69, 9.17) is 21.8 Å². The monoisotopic (exact) mass is 192 g/mol. The lowest BCUT2D eigenvalue weighted by atomic mass is 10.1. The summed E-state index contributed by atoms with van der Waals surface area (Å²) in [4.78, 5) is 20.8. The molecule has 0 radical (unpaired) electrons. The van der Waals surface area contributed by atoms with Gasteiger partial charge in [0.05, 0.1) is 0 Å². The van der Waals surface area contributed by atoms with Crippen LogP contribution in [-0.2, 0) is 9.59 Å². The first-order valence-electron chi connectivity index (χ1n) is 3.23. The zero-order valence-electron chi connectivity index (χ0n) is 6.50. The van der Waals surface area contributed by atoms with Gasteiger partial charge >= 0.3 is 11.9 Å². The van der Waals surface area contributed by atoms with Crippen LogP contribution in [0.25, 0.3) is 0 Å². The minimum Gasteiger partial charge on any atom is -0.478 e. The number of aliphatic carboxylic acids is 2. The van der Waals surface area contributed by atoms with Crippen molar-refractivity contribution < 1.29 is 19.8 Å². The van der Waals surface area contributed by atoms with E-state index in [1.54, 1.807) is 0 Å². The maximum absolute atomic E-state index is 10.5. The molecule has 0 saturated carbocycles. The standard InChI is InChI=1S/C7H9ClO4/c1-4(6(9)10)5(2-3-8)7(11)12/h2-3H2,1H3,(H,9,10)(H,11,12)/b5-4+. The van der Waals surface area contributed by atoms with Gasteiger partial charge in [-0.25, -0.2) is 9.59 Å². The van der Waals surface area contributed by atoms with Crippen LogP contribution in [0.1, 0.15) is 13.3 Å².